The molecule has 2 aromatic rings. The minimum absolute atomic E-state index is 0.0153. The van der Waals surface area contributed by atoms with E-state index in [9.17, 15) is 32.4 Å². The summed E-state index contributed by atoms with van der Waals surface area (Å²) in [5.41, 5.74) is -0.739. The summed E-state index contributed by atoms with van der Waals surface area (Å²) in [6.07, 6.45) is 6.06. The van der Waals surface area contributed by atoms with Gasteiger partial charge in [0.25, 0.3) is 5.91 Å². The Kier molecular flexibility index (Phi) is 12.0. The van der Waals surface area contributed by atoms with E-state index in [0.29, 0.717) is 54.6 Å². The Morgan fingerprint density at radius 2 is 1.79 bits per heavy atom. The summed E-state index contributed by atoms with van der Waals surface area (Å²) < 4.78 is 44.1. The van der Waals surface area contributed by atoms with Crippen molar-refractivity contribution in [2.45, 2.75) is 127 Å². The Balaban J connectivity index is 1.33. The molecule has 316 valence electrons. The van der Waals surface area contributed by atoms with Crippen LogP contribution in [0.4, 0.5) is 4.79 Å². The van der Waals surface area contributed by atoms with Gasteiger partial charge in [0.1, 0.15) is 41.2 Å². The molecule has 6 atom stereocenters. The third-order valence-electron chi connectivity index (χ3n) is 11.6. The van der Waals surface area contributed by atoms with Crippen LogP contribution in [0.2, 0.25) is 0 Å². The summed E-state index contributed by atoms with van der Waals surface area (Å²) in [7, 11) is -1.30. The number of hydrogen-bond donors (Lipinski definition) is 4. The molecule has 2 aliphatic carbocycles. The number of ether oxygens (including phenoxy) is 3. The van der Waals surface area contributed by atoms with Crippen molar-refractivity contribution in [2.24, 2.45) is 11.3 Å². The number of carbonyl (C=O) groups excluding carboxylic acids is 5. The Labute approximate surface area is 338 Å². The van der Waals surface area contributed by atoms with Gasteiger partial charge in [0.05, 0.1) is 36.5 Å². The number of nitrogens with one attached hydrogen (secondary N) is 4. The summed E-state index contributed by atoms with van der Waals surface area (Å²) in [6, 6.07) is 1.89. The quantitative estimate of drug-likeness (QED) is 0.268. The number of allylic oxidation sites excluding steroid dienone is 1. The van der Waals surface area contributed by atoms with Crippen LogP contribution >= 0.6 is 0 Å². The number of sulfonamides is 1. The first-order valence-corrected chi connectivity index (χ1v) is 21.3. The summed E-state index contributed by atoms with van der Waals surface area (Å²) in [5, 5.41) is 8.31. The van der Waals surface area contributed by atoms with Crippen LogP contribution in [0.1, 0.15) is 91.2 Å². The van der Waals surface area contributed by atoms with Gasteiger partial charge in [-0.1, -0.05) is 45.8 Å². The van der Waals surface area contributed by atoms with Gasteiger partial charge in [0.15, 0.2) is 0 Å². The van der Waals surface area contributed by atoms with Gasteiger partial charge >= 0.3 is 6.09 Å². The van der Waals surface area contributed by atoms with Crippen molar-refractivity contribution in [3.8, 4) is 11.6 Å². The highest BCUT2D eigenvalue weighted by Crippen LogP contribution is 2.47. The molecule has 2 saturated carbocycles. The monoisotopic (exact) mass is 825 g/mol. The average molecular weight is 826 g/mol. The maximum absolute atomic E-state index is 14.8. The van der Waals surface area contributed by atoms with Crippen LogP contribution in [0.5, 0.6) is 11.6 Å². The Bertz CT molecular complexity index is 2100. The predicted molar refractivity (Wildman–Crippen MR) is 212 cm³/mol. The summed E-state index contributed by atoms with van der Waals surface area (Å²) in [5.74, 6) is -2.38. The van der Waals surface area contributed by atoms with Crippen LogP contribution in [-0.2, 0) is 33.9 Å². The number of rotatable bonds is 9. The van der Waals surface area contributed by atoms with Gasteiger partial charge < -0.3 is 35.1 Å². The van der Waals surface area contributed by atoms with Crippen molar-refractivity contribution in [3.05, 3.63) is 36.0 Å². The lowest BCUT2D eigenvalue weighted by molar-refractivity contribution is -0.143. The number of amides is 5. The van der Waals surface area contributed by atoms with Crippen LogP contribution < -0.4 is 30.1 Å². The minimum Gasteiger partial charge on any atom is -0.497 e. The predicted octanol–water partition coefficient (Wildman–Crippen LogP) is 2.94. The number of benzene rings is 1. The molecule has 5 amide bonds. The minimum atomic E-state index is -4.02. The van der Waals surface area contributed by atoms with Crippen LogP contribution in [0, 0.1) is 18.3 Å². The molecule has 1 aromatic carbocycles. The Hall–Kier alpha value is -5.00. The number of hydrogen-bond acceptors (Lipinski definition) is 12. The molecular weight excluding hydrogens is 771 g/mol. The van der Waals surface area contributed by atoms with E-state index in [0.717, 1.165) is 6.42 Å². The van der Waals surface area contributed by atoms with Crippen molar-refractivity contribution in [1.29, 1.82) is 0 Å². The van der Waals surface area contributed by atoms with Crippen molar-refractivity contribution in [1.82, 2.24) is 35.5 Å². The van der Waals surface area contributed by atoms with E-state index >= 15 is 0 Å². The van der Waals surface area contributed by atoms with E-state index in [-0.39, 0.29) is 31.7 Å². The molecule has 4 aliphatic rings. The van der Waals surface area contributed by atoms with Gasteiger partial charge in [-0.3, -0.25) is 23.9 Å². The molecule has 58 heavy (non-hydrogen) atoms. The largest absolute Gasteiger partial charge is 0.497 e. The molecule has 0 unspecified atom stereocenters. The normalized spacial score (nSPS) is 27.0. The molecule has 1 saturated heterocycles. The zero-order chi connectivity index (χ0) is 42.2. The molecule has 6 rings (SSSR count). The van der Waals surface area contributed by atoms with Gasteiger partial charge in [-0.25, -0.2) is 23.2 Å². The van der Waals surface area contributed by atoms with Crippen LogP contribution in [0.3, 0.4) is 0 Å². The van der Waals surface area contributed by atoms with Crippen LogP contribution in [0.25, 0.3) is 11.0 Å². The van der Waals surface area contributed by atoms with Gasteiger partial charge in [-0.15, -0.1) is 0 Å². The highest BCUT2D eigenvalue weighted by molar-refractivity contribution is 7.91. The second-order valence-electron chi connectivity index (χ2n) is 17.2. The fourth-order valence-corrected chi connectivity index (χ4v) is 8.87. The number of fused-ring (bicyclic) bond motifs is 3. The lowest BCUT2D eigenvalue weighted by Gasteiger charge is -2.33. The average Bonchev–Trinajstić information content (AvgIpc) is 4.05. The second kappa shape index (κ2) is 16.3. The summed E-state index contributed by atoms with van der Waals surface area (Å²) in [6.45, 7) is 8.52. The van der Waals surface area contributed by atoms with Crippen molar-refractivity contribution in [2.75, 3.05) is 20.8 Å². The summed E-state index contributed by atoms with van der Waals surface area (Å²) >= 11 is 0. The molecule has 3 heterocycles. The summed E-state index contributed by atoms with van der Waals surface area (Å²) in [4.78, 5) is 80.0. The van der Waals surface area contributed by atoms with Gasteiger partial charge in [-0.2, -0.15) is 0 Å². The van der Waals surface area contributed by atoms with Crippen molar-refractivity contribution >= 4 is 50.8 Å². The lowest BCUT2D eigenvalue weighted by atomic mass is 9.86. The number of methoxy groups -OCH3 is 2. The lowest BCUT2D eigenvalue weighted by Crippen LogP contribution is -2.60. The van der Waals surface area contributed by atoms with Crippen molar-refractivity contribution < 1.29 is 46.6 Å². The van der Waals surface area contributed by atoms with E-state index in [1.807, 2.05) is 12.2 Å². The number of carbonyl (C=O) groups is 5. The van der Waals surface area contributed by atoms with Gasteiger partial charge in [0, 0.05) is 18.4 Å². The molecule has 18 heteroatoms. The number of alkyl carbamates (subject to hydrolysis) is 1. The SMILES string of the molecule is COC(=O)N[C@H](C(=O)N[C@H]1CCCCC/C=C\[C@@H]2C[C@@]2(C(=O)NS(=O)(=O)C2(C)CC2)NC(=O)[C@@H]2C[C@@H](Oc3nc4cc(OC)ccc4nc3C)CN2C1=O)C(C)(C)C. The highest BCUT2D eigenvalue weighted by Gasteiger charge is 2.63. The Morgan fingerprint density at radius 3 is 2.47 bits per heavy atom. The third kappa shape index (κ3) is 9.00. The smallest absolute Gasteiger partial charge is 0.407 e. The maximum atomic E-state index is 14.8. The molecule has 3 fully saturated rings. The fraction of sp³-hybridized carbons (Fsp3) is 0.625. The zero-order valence-electron chi connectivity index (χ0n) is 34.2. The van der Waals surface area contributed by atoms with Gasteiger partial charge in [-0.05, 0) is 69.9 Å². The molecule has 1 aromatic heterocycles. The molecule has 2 aliphatic heterocycles. The van der Waals surface area contributed by atoms with Gasteiger partial charge in [0.2, 0.25) is 33.6 Å². The number of nitrogens with zero attached hydrogens (tertiary/aromatic N) is 3. The van der Waals surface area contributed by atoms with E-state index in [4.69, 9.17) is 14.2 Å². The fourth-order valence-electron chi connectivity index (χ4n) is 7.56. The van der Waals surface area contributed by atoms with E-state index in [2.05, 4.69) is 30.6 Å². The number of aromatic nitrogens is 2. The standard InChI is InChI=1S/C40H55N7O10S/c1-23-34(43-29-19-25(55-6)15-16-27(29)41-23)57-26-20-30-32(48)45-40(36(51)46-58(53,54)39(5)17-18-39)21-24(40)13-11-9-8-10-12-14-28(35(50)47(30)22-26)42-33(49)31(38(2,3)4)44-37(52)56-7/h11,13,15-16,19,24,26,28,30-31H,8-10,12,14,17-18,20-22H2,1-7H3,(H,42,49)(H,44,52)(H,45,48)(H,46,51)/b13-11-/t24-,26-,28+,30+,31-,40-/m1/s1. The number of aryl methyl sites for hydroxylation is 1. The first-order chi connectivity index (χ1) is 27.3. The molecular formula is C40H55N7O10S. The molecule has 0 spiro atoms. The second-order valence-corrected chi connectivity index (χ2v) is 19.4. The highest BCUT2D eigenvalue weighted by atomic mass is 32.2. The molecule has 17 nitrogen and oxygen atoms in total. The van der Waals surface area contributed by atoms with E-state index < -0.39 is 85.6 Å². The van der Waals surface area contributed by atoms with E-state index in [1.54, 1.807) is 52.8 Å². The zero-order valence-corrected chi connectivity index (χ0v) is 35.0. The van der Waals surface area contributed by atoms with E-state index in [1.165, 1.54) is 19.1 Å². The molecule has 4 N–H and O–H groups in total. The first-order valence-electron chi connectivity index (χ1n) is 19.8. The maximum Gasteiger partial charge on any atom is 0.407 e. The topological polar surface area (TPSA) is 224 Å². The molecule has 0 bridgehead atoms. The third-order valence-corrected chi connectivity index (χ3v) is 13.8. The first kappa shape index (κ1) is 42.6. The Morgan fingerprint density at radius 1 is 1.05 bits per heavy atom. The van der Waals surface area contributed by atoms with Crippen LogP contribution in [-0.4, -0.2) is 108 Å². The molecule has 0 radical (unpaired) electrons. The van der Waals surface area contributed by atoms with Crippen LogP contribution in [0.15, 0.2) is 30.4 Å². The van der Waals surface area contributed by atoms with Crippen molar-refractivity contribution in [3.63, 3.8) is 0 Å².